The van der Waals surface area contributed by atoms with E-state index in [4.69, 9.17) is 14.2 Å². The summed E-state index contributed by atoms with van der Waals surface area (Å²) in [7, 11) is 2.88. The van der Waals surface area contributed by atoms with Gasteiger partial charge in [-0.3, -0.25) is 28.8 Å². The zero-order valence-corrected chi connectivity index (χ0v) is 35.5. The lowest BCUT2D eigenvalue weighted by atomic mass is 9.84. The SMILES string of the molecule is CCOC(=O)C1(C)C(=O)Nc2nc(-c3cc(OC)n(Cc4ccccc4F)n3)[nH]c(=O)c21.COc1cc(-c2nc3c(c(=O)[nH]2)C(C)(C(=O)NC2CC2)C(=O)N3)nn1Cc1ccccc1F. The molecule has 3 aliphatic rings. The largest absolute Gasteiger partial charge is 0.481 e. The van der Waals surface area contributed by atoms with Crippen LogP contribution in [-0.4, -0.2) is 90.1 Å². The highest BCUT2D eigenvalue weighted by molar-refractivity contribution is 6.20. The fourth-order valence-electron chi connectivity index (χ4n) is 7.40. The second-order valence-electron chi connectivity index (χ2n) is 15.5. The Bertz CT molecular complexity index is 3030. The number of aromatic nitrogens is 8. The smallest absolute Gasteiger partial charge is 0.326 e. The van der Waals surface area contributed by atoms with E-state index in [2.05, 4.69) is 46.1 Å². The predicted octanol–water partition coefficient (Wildman–Crippen LogP) is 2.92. The predicted molar refractivity (Wildman–Crippen MR) is 226 cm³/mol. The molecule has 2 atom stereocenters. The minimum atomic E-state index is -1.81. The number of amides is 3. The fraction of sp³-hybridized carbons (Fsp3) is 0.302. The third-order valence-corrected chi connectivity index (χ3v) is 11.2. The van der Waals surface area contributed by atoms with Gasteiger partial charge in [-0.25, -0.2) is 28.1 Å². The van der Waals surface area contributed by atoms with Crippen molar-refractivity contribution in [1.82, 2.24) is 44.8 Å². The summed E-state index contributed by atoms with van der Waals surface area (Å²) in [5, 5.41) is 16.6. The first-order chi connectivity index (χ1) is 31.1. The molecule has 4 aromatic heterocycles. The number of halogens is 2. The number of hydrogen-bond acceptors (Lipinski definition) is 13. The molecule has 6 aromatic rings. The number of methoxy groups -OCH3 is 2. The molecule has 336 valence electrons. The second-order valence-corrected chi connectivity index (χ2v) is 15.5. The van der Waals surface area contributed by atoms with Crippen molar-refractivity contribution in [3.05, 3.63) is 115 Å². The van der Waals surface area contributed by atoms with E-state index in [0.29, 0.717) is 22.9 Å². The van der Waals surface area contributed by atoms with Crippen molar-refractivity contribution < 1.29 is 42.2 Å². The van der Waals surface area contributed by atoms with Crippen LogP contribution < -0.4 is 36.5 Å². The summed E-state index contributed by atoms with van der Waals surface area (Å²) in [6.45, 7) is 4.57. The molecule has 20 nitrogen and oxygen atoms in total. The van der Waals surface area contributed by atoms with Crippen molar-refractivity contribution in [2.75, 3.05) is 31.5 Å². The molecule has 5 N–H and O–H groups in total. The van der Waals surface area contributed by atoms with Crippen LogP contribution in [-0.2, 0) is 47.8 Å². The number of benzene rings is 2. The number of rotatable bonds is 12. The van der Waals surface area contributed by atoms with Gasteiger partial charge >= 0.3 is 5.97 Å². The Morgan fingerprint density at radius 3 is 1.62 bits per heavy atom. The number of esters is 1. The number of nitrogens with one attached hydrogen (secondary N) is 5. The van der Waals surface area contributed by atoms with Crippen LogP contribution in [0.4, 0.5) is 20.4 Å². The van der Waals surface area contributed by atoms with E-state index in [9.17, 15) is 37.5 Å². The van der Waals surface area contributed by atoms with E-state index >= 15 is 0 Å². The van der Waals surface area contributed by atoms with Crippen LogP contribution in [0.5, 0.6) is 11.8 Å². The zero-order valence-electron chi connectivity index (χ0n) is 35.5. The van der Waals surface area contributed by atoms with Crippen molar-refractivity contribution in [2.45, 2.75) is 63.6 Å². The molecule has 6 heterocycles. The molecular weight excluding hydrogens is 853 g/mol. The third-order valence-electron chi connectivity index (χ3n) is 11.2. The average Bonchev–Trinajstić information content (AvgIpc) is 3.60. The van der Waals surface area contributed by atoms with Crippen molar-refractivity contribution in [2.24, 2.45) is 0 Å². The molecule has 2 unspecified atom stereocenters. The Morgan fingerprint density at radius 1 is 0.738 bits per heavy atom. The van der Waals surface area contributed by atoms with Crippen LogP contribution >= 0.6 is 0 Å². The topological polar surface area (TPSA) is 259 Å². The molecule has 0 spiro atoms. The van der Waals surface area contributed by atoms with Crippen LogP contribution in [0, 0.1) is 11.6 Å². The Balaban J connectivity index is 0.000000177. The van der Waals surface area contributed by atoms with Crippen molar-refractivity contribution in [3.63, 3.8) is 0 Å². The van der Waals surface area contributed by atoms with Crippen LogP contribution in [0.3, 0.4) is 0 Å². The first-order valence-corrected chi connectivity index (χ1v) is 20.2. The molecule has 2 aromatic carbocycles. The lowest BCUT2D eigenvalue weighted by molar-refractivity contribution is -0.152. The molecule has 9 rings (SSSR count). The second kappa shape index (κ2) is 16.9. The quantitative estimate of drug-likeness (QED) is 0.0876. The highest BCUT2D eigenvalue weighted by atomic mass is 19.1. The van der Waals surface area contributed by atoms with Crippen LogP contribution in [0.1, 0.15) is 55.9 Å². The summed E-state index contributed by atoms with van der Waals surface area (Å²) >= 11 is 0. The Hall–Kier alpha value is -8.04. The number of carbonyl (C=O) groups excluding carboxylic acids is 4. The lowest BCUT2D eigenvalue weighted by Gasteiger charge is -2.20. The number of fused-ring (bicyclic) bond motifs is 2. The number of H-pyrrole nitrogens is 2. The number of aromatic amines is 2. The Morgan fingerprint density at radius 2 is 1.18 bits per heavy atom. The van der Waals surface area contributed by atoms with E-state index in [1.165, 1.54) is 55.6 Å². The molecule has 0 bridgehead atoms. The van der Waals surface area contributed by atoms with Gasteiger partial charge in [-0.05, 0) is 45.7 Å². The van der Waals surface area contributed by atoms with Crippen LogP contribution in [0.25, 0.3) is 23.0 Å². The van der Waals surface area contributed by atoms with E-state index < -0.39 is 51.5 Å². The van der Waals surface area contributed by atoms with Crippen LogP contribution in [0.15, 0.2) is 70.3 Å². The summed E-state index contributed by atoms with van der Waals surface area (Å²) in [5.41, 5.74) is -3.66. The van der Waals surface area contributed by atoms with Gasteiger partial charge in [0.15, 0.2) is 22.5 Å². The van der Waals surface area contributed by atoms with Crippen molar-refractivity contribution in [1.29, 1.82) is 0 Å². The molecule has 1 fully saturated rings. The van der Waals surface area contributed by atoms with Gasteiger partial charge in [-0.2, -0.15) is 10.2 Å². The minimum absolute atomic E-state index is 0.00909. The summed E-state index contributed by atoms with van der Waals surface area (Å²) in [6.07, 6.45) is 1.70. The van der Waals surface area contributed by atoms with Crippen molar-refractivity contribution >= 4 is 35.3 Å². The maximum absolute atomic E-state index is 14.1. The van der Waals surface area contributed by atoms with E-state index in [-0.39, 0.29) is 77.4 Å². The molecule has 0 radical (unpaired) electrons. The Labute approximate surface area is 366 Å². The van der Waals surface area contributed by atoms with Gasteiger partial charge in [0, 0.05) is 29.3 Å². The first-order valence-electron chi connectivity index (χ1n) is 20.2. The average molecular weight is 894 g/mol. The standard InChI is InChI=1S/C22H21FN6O4.C21H20FN5O5/c1-22(20(31)24-12-7-8-12)16-18(27-21(22)32)25-17(26-19(16)30)14-9-15(33-2)29(28-14)10-11-5-3-4-6-13(11)23;1-4-32-20(30)21(2)15-17(25-19(21)29)23-16(24-18(15)28)13-9-14(31-3)27(26-13)10-11-7-5-6-8-12(11)22/h3-6,9,12H,7-8,10H2,1-2H3,(H,24,31)(H2,25,26,27,30,32);5-9H,4,10H2,1-3H3,(H2,23,24,25,28,29). The van der Waals surface area contributed by atoms with Gasteiger partial charge in [-0.15, -0.1) is 0 Å². The molecule has 2 aliphatic heterocycles. The first kappa shape index (κ1) is 43.6. The maximum atomic E-state index is 14.1. The van der Waals surface area contributed by atoms with Gasteiger partial charge < -0.3 is 40.1 Å². The molecule has 3 amide bonds. The minimum Gasteiger partial charge on any atom is -0.481 e. The maximum Gasteiger partial charge on any atom is 0.326 e. The molecular formula is C43H41F2N11O9. The molecule has 1 aliphatic carbocycles. The van der Waals surface area contributed by atoms with Gasteiger partial charge in [0.1, 0.15) is 34.7 Å². The highest BCUT2D eigenvalue weighted by Crippen LogP contribution is 2.38. The number of hydrogen-bond donors (Lipinski definition) is 5. The molecule has 0 saturated heterocycles. The number of ether oxygens (including phenoxy) is 3. The number of anilines is 2. The van der Waals surface area contributed by atoms with Gasteiger partial charge in [-0.1, -0.05) is 36.4 Å². The third kappa shape index (κ3) is 7.86. The highest BCUT2D eigenvalue weighted by Gasteiger charge is 2.54. The monoisotopic (exact) mass is 893 g/mol. The van der Waals surface area contributed by atoms with E-state index in [1.54, 1.807) is 49.4 Å². The fourth-order valence-corrected chi connectivity index (χ4v) is 7.40. The normalized spacial score (nSPS) is 18.1. The summed E-state index contributed by atoms with van der Waals surface area (Å²) < 4.78 is 46.6. The zero-order chi connectivity index (χ0) is 46.4. The summed E-state index contributed by atoms with van der Waals surface area (Å²) in [5.74, 6) is -2.74. The van der Waals surface area contributed by atoms with E-state index in [0.717, 1.165) is 12.8 Å². The lowest BCUT2D eigenvalue weighted by Crippen LogP contribution is -2.49. The molecule has 1 saturated carbocycles. The van der Waals surface area contributed by atoms with Gasteiger partial charge in [0.25, 0.3) is 11.1 Å². The van der Waals surface area contributed by atoms with Crippen LogP contribution in [0.2, 0.25) is 0 Å². The summed E-state index contributed by atoms with van der Waals surface area (Å²) in [4.78, 5) is 90.1. The number of carbonyl (C=O) groups is 4. The summed E-state index contributed by atoms with van der Waals surface area (Å²) in [6, 6.07) is 15.6. The molecule has 22 heteroatoms. The van der Waals surface area contributed by atoms with Crippen molar-refractivity contribution in [3.8, 4) is 34.8 Å². The van der Waals surface area contributed by atoms with Gasteiger partial charge in [0.05, 0.1) is 45.0 Å². The Kier molecular flexibility index (Phi) is 11.3. The van der Waals surface area contributed by atoms with Gasteiger partial charge in [0.2, 0.25) is 29.5 Å². The number of nitrogens with zero attached hydrogens (tertiary/aromatic N) is 6. The molecule has 65 heavy (non-hydrogen) atoms. The van der Waals surface area contributed by atoms with E-state index in [1.807, 2.05) is 0 Å².